The van der Waals surface area contributed by atoms with Gasteiger partial charge in [-0.05, 0) is 38.5 Å². The fraction of sp³-hybridized carbons (Fsp3) is 0.238. The molecule has 31 heavy (non-hydrogen) atoms. The second-order valence-corrected chi connectivity index (χ2v) is 8.03. The maximum atomic E-state index is 12.9. The molecule has 0 unspecified atom stereocenters. The van der Waals surface area contributed by atoms with Gasteiger partial charge in [0.2, 0.25) is 0 Å². The molecular formula is C21H20Cl2N6O2. The van der Waals surface area contributed by atoms with Crippen LogP contribution in [0.5, 0.6) is 0 Å². The summed E-state index contributed by atoms with van der Waals surface area (Å²) in [5, 5.41) is 16.6. The molecule has 1 N–H and O–H groups in total. The Kier molecular flexibility index (Phi) is 5.84. The maximum absolute atomic E-state index is 12.9. The first-order chi connectivity index (χ1) is 14.8. The highest BCUT2D eigenvalue weighted by atomic mass is 35.5. The van der Waals surface area contributed by atoms with Gasteiger partial charge in [0.25, 0.3) is 5.91 Å². The molecule has 4 rings (SSSR count). The second kappa shape index (κ2) is 8.56. The zero-order chi connectivity index (χ0) is 22.1. The van der Waals surface area contributed by atoms with E-state index in [0.29, 0.717) is 40.1 Å². The number of aryl methyl sites for hydroxylation is 2. The zero-order valence-electron chi connectivity index (χ0n) is 17.2. The van der Waals surface area contributed by atoms with E-state index in [9.17, 15) is 4.79 Å². The highest BCUT2D eigenvalue weighted by molar-refractivity contribution is 6.31. The van der Waals surface area contributed by atoms with Crippen LogP contribution >= 0.6 is 23.2 Å². The fourth-order valence-corrected chi connectivity index (χ4v) is 3.58. The molecule has 1 amide bonds. The summed E-state index contributed by atoms with van der Waals surface area (Å²) < 4.78 is 8.76. The molecule has 8 nitrogen and oxygen atoms in total. The number of aromatic nitrogens is 5. The molecule has 0 aliphatic heterocycles. The van der Waals surface area contributed by atoms with E-state index >= 15 is 0 Å². The molecule has 0 saturated carbocycles. The van der Waals surface area contributed by atoms with E-state index in [1.807, 2.05) is 38.1 Å². The number of rotatable bonds is 6. The molecule has 0 fully saturated rings. The highest BCUT2D eigenvalue weighted by Gasteiger charge is 2.22. The summed E-state index contributed by atoms with van der Waals surface area (Å²) in [5.41, 5.74) is 4.02. The highest BCUT2D eigenvalue weighted by Crippen LogP contribution is 2.23. The van der Waals surface area contributed by atoms with Crippen LogP contribution in [0.1, 0.15) is 38.8 Å². The Morgan fingerprint density at radius 2 is 2.00 bits per heavy atom. The smallest absolute Gasteiger partial charge is 0.278 e. The fourth-order valence-electron chi connectivity index (χ4n) is 3.28. The van der Waals surface area contributed by atoms with Gasteiger partial charge < -0.3 is 9.84 Å². The second-order valence-electron chi connectivity index (χ2n) is 7.22. The van der Waals surface area contributed by atoms with Gasteiger partial charge in [-0.2, -0.15) is 10.2 Å². The van der Waals surface area contributed by atoms with Gasteiger partial charge in [-0.3, -0.25) is 14.2 Å². The van der Waals surface area contributed by atoms with E-state index in [-0.39, 0.29) is 11.6 Å². The number of nitrogens with one attached hydrogen (secondary N) is 1. The van der Waals surface area contributed by atoms with Crippen LogP contribution in [0.15, 0.2) is 41.2 Å². The van der Waals surface area contributed by atoms with Crippen LogP contribution in [-0.2, 0) is 13.1 Å². The lowest BCUT2D eigenvalue weighted by atomic mass is 10.1. The first-order valence-electron chi connectivity index (χ1n) is 9.54. The topological polar surface area (TPSA) is 90.8 Å². The minimum Gasteiger partial charge on any atom is -0.361 e. The quantitative estimate of drug-likeness (QED) is 0.453. The van der Waals surface area contributed by atoms with Crippen molar-refractivity contribution >= 4 is 34.8 Å². The standard InChI is InChI=1S/C21H20Cl2N6O2/c1-12-19(23)13(2)29(26-12)11-18-14(3)31-27-20(18)21(30)25-17-6-4-5-15(7-17)9-28-10-16(22)8-24-28/h4-8,10H,9,11H2,1-3H3,(H,25,30). The molecule has 0 atom stereocenters. The molecule has 10 heteroatoms. The molecule has 0 saturated heterocycles. The normalized spacial score (nSPS) is 11.1. The van der Waals surface area contributed by atoms with E-state index in [4.69, 9.17) is 27.7 Å². The number of amides is 1. The third-order valence-electron chi connectivity index (χ3n) is 4.93. The van der Waals surface area contributed by atoms with Crippen molar-refractivity contribution in [3.05, 3.63) is 80.7 Å². The summed E-state index contributed by atoms with van der Waals surface area (Å²) in [6, 6.07) is 7.50. The molecule has 3 aromatic heterocycles. The molecule has 4 aromatic rings. The Bertz CT molecular complexity index is 1260. The lowest BCUT2D eigenvalue weighted by Gasteiger charge is -2.08. The van der Waals surface area contributed by atoms with Crippen molar-refractivity contribution in [2.75, 3.05) is 5.32 Å². The van der Waals surface area contributed by atoms with Gasteiger partial charge >= 0.3 is 0 Å². The first-order valence-corrected chi connectivity index (χ1v) is 10.3. The lowest BCUT2D eigenvalue weighted by Crippen LogP contribution is -2.16. The van der Waals surface area contributed by atoms with Crippen molar-refractivity contribution in [1.29, 1.82) is 0 Å². The average Bonchev–Trinajstić information content (AvgIpc) is 3.37. The zero-order valence-corrected chi connectivity index (χ0v) is 18.7. The van der Waals surface area contributed by atoms with Gasteiger partial charge in [0.1, 0.15) is 5.76 Å². The SMILES string of the molecule is Cc1nn(Cc2c(C(=O)Nc3cccc(Cn4cc(Cl)cn4)c3)noc2C)c(C)c1Cl. The van der Waals surface area contributed by atoms with Gasteiger partial charge in [-0.25, -0.2) is 0 Å². The molecule has 0 spiro atoms. The molecule has 0 aliphatic rings. The Balaban J connectivity index is 1.53. The van der Waals surface area contributed by atoms with Gasteiger partial charge in [0, 0.05) is 17.4 Å². The van der Waals surface area contributed by atoms with Gasteiger partial charge in [0.05, 0.1) is 40.7 Å². The summed E-state index contributed by atoms with van der Waals surface area (Å²) in [6.07, 6.45) is 3.32. The number of benzene rings is 1. The van der Waals surface area contributed by atoms with Crippen molar-refractivity contribution in [2.45, 2.75) is 33.9 Å². The largest absolute Gasteiger partial charge is 0.361 e. The summed E-state index contributed by atoms with van der Waals surface area (Å²) in [7, 11) is 0. The lowest BCUT2D eigenvalue weighted by molar-refractivity contribution is 0.101. The number of nitrogens with zero attached hydrogens (tertiary/aromatic N) is 5. The predicted octanol–water partition coefficient (Wildman–Crippen LogP) is 4.65. The third-order valence-corrected chi connectivity index (χ3v) is 5.67. The molecule has 160 valence electrons. The monoisotopic (exact) mass is 458 g/mol. The van der Waals surface area contributed by atoms with Crippen LogP contribution in [-0.4, -0.2) is 30.6 Å². The molecular weight excluding hydrogens is 439 g/mol. The van der Waals surface area contributed by atoms with E-state index in [2.05, 4.69) is 20.7 Å². The van der Waals surface area contributed by atoms with Crippen LogP contribution < -0.4 is 5.32 Å². The van der Waals surface area contributed by atoms with E-state index in [1.54, 1.807) is 28.7 Å². The summed E-state index contributed by atoms with van der Waals surface area (Å²) in [6.45, 7) is 6.34. The number of hydrogen-bond donors (Lipinski definition) is 1. The van der Waals surface area contributed by atoms with Crippen LogP contribution in [0.25, 0.3) is 0 Å². The molecule has 1 aromatic carbocycles. The number of carbonyl (C=O) groups excluding carboxylic acids is 1. The minimum atomic E-state index is -0.362. The number of halogens is 2. The maximum Gasteiger partial charge on any atom is 0.278 e. The van der Waals surface area contributed by atoms with Gasteiger partial charge in [0.15, 0.2) is 5.69 Å². The van der Waals surface area contributed by atoms with Crippen molar-refractivity contribution < 1.29 is 9.32 Å². The van der Waals surface area contributed by atoms with Crippen LogP contribution in [0, 0.1) is 20.8 Å². The summed E-state index contributed by atoms with van der Waals surface area (Å²) in [5.74, 6) is 0.192. The summed E-state index contributed by atoms with van der Waals surface area (Å²) in [4.78, 5) is 12.9. The Hall–Kier alpha value is -3.10. The van der Waals surface area contributed by atoms with Gasteiger partial charge in [-0.1, -0.05) is 40.5 Å². The number of carbonyl (C=O) groups is 1. The number of hydrogen-bond acceptors (Lipinski definition) is 5. The molecule has 0 radical (unpaired) electrons. The van der Waals surface area contributed by atoms with Crippen LogP contribution in [0.4, 0.5) is 5.69 Å². The third kappa shape index (κ3) is 4.50. The minimum absolute atomic E-state index is 0.213. The van der Waals surface area contributed by atoms with Crippen LogP contribution in [0.2, 0.25) is 10.0 Å². The van der Waals surface area contributed by atoms with Crippen molar-refractivity contribution in [3.63, 3.8) is 0 Å². The van der Waals surface area contributed by atoms with E-state index in [1.165, 1.54) is 0 Å². The van der Waals surface area contributed by atoms with Gasteiger partial charge in [-0.15, -0.1) is 0 Å². The van der Waals surface area contributed by atoms with Crippen molar-refractivity contribution in [3.8, 4) is 0 Å². The molecule has 0 aliphatic carbocycles. The Morgan fingerprint density at radius 1 is 1.19 bits per heavy atom. The first kappa shape index (κ1) is 21.1. The van der Waals surface area contributed by atoms with E-state index < -0.39 is 0 Å². The summed E-state index contributed by atoms with van der Waals surface area (Å²) >= 11 is 12.2. The Morgan fingerprint density at radius 3 is 2.68 bits per heavy atom. The van der Waals surface area contributed by atoms with Crippen LogP contribution in [0.3, 0.4) is 0 Å². The molecule has 0 bridgehead atoms. The van der Waals surface area contributed by atoms with Crippen molar-refractivity contribution in [2.24, 2.45) is 0 Å². The average molecular weight is 459 g/mol. The molecule has 3 heterocycles. The van der Waals surface area contributed by atoms with Crippen molar-refractivity contribution in [1.82, 2.24) is 24.7 Å². The number of anilines is 1. The Labute approximate surface area is 188 Å². The van der Waals surface area contributed by atoms with E-state index in [0.717, 1.165) is 17.0 Å². The predicted molar refractivity (Wildman–Crippen MR) is 118 cm³/mol.